The molecule has 0 saturated heterocycles. The molecular formula is C7H6F4N2. The molecule has 0 unspecified atom stereocenters. The summed E-state index contributed by atoms with van der Waals surface area (Å²) in [4.78, 5) is 3.24. The van der Waals surface area contributed by atoms with E-state index in [-0.39, 0.29) is 12.2 Å². The van der Waals surface area contributed by atoms with Crippen molar-refractivity contribution >= 4 is 0 Å². The van der Waals surface area contributed by atoms with Crippen molar-refractivity contribution in [2.75, 3.05) is 0 Å². The van der Waals surface area contributed by atoms with E-state index >= 15 is 0 Å². The third-order valence-corrected chi connectivity index (χ3v) is 1.44. The van der Waals surface area contributed by atoms with E-state index in [1.807, 2.05) is 0 Å². The number of pyridine rings is 1. The summed E-state index contributed by atoms with van der Waals surface area (Å²) in [5.41, 5.74) is 3.74. The summed E-state index contributed by atoms with van der Waals surface area (Å²) in [6.07, 6.45) is -4.01. The molecule has 1 rings (SSSR count). The summed E-state index contributed by atoms with van der Waals surface area (Å²) in [6, 6.07) is 0.384. The van der Waals surface area contributed by atoms with Crippen LogP contribution in [0.3, 0.4) is 0 Å². The third-order valence-electron chi connectivity index (χ3n) is 1.44. The number of nitrogens with two attached hydrogens (primary N) is 1. The van der Waals surface area contributed by atoms with Gasteiger partial charge in [0.15, 0.2) is 0 Å². The molecule has 0 amide bonds. The average molecular weight is 194 g/mol. The highest BCUT2D eigenvalue weighted by atomic mass is 19.4. The lowest BCUT2D eigenvalue weighted by molar-refractivity contribution is -0.138. The molecule has 0 radical (unpaired) electrons. The lowest BCUT2D eigenvalue weighted by Gasteiger charge is -2.06. The van der Waals surface area contributed by atoms with Crippen molar-refractivity contribution in [3.63, 3.8) is 0 Å². The maximum absolute atomic E-state index is 12.7. The van der Waals surface area contributed by atoms with Gasteiger partial charge in [-0.2, -0.15) is 13.2 Å². The molecule has 0 spiro atoms. The summed E-state index contributed by atoms with van der Waals surface area (Å²) in [5, 5.41) is 0. The fraction of sp³-hybridized carbons (Fsp3) is 0.286. The lowest BCUT2D eigenvalue weighted by atomic mass is 10.2. The lowest BCUT2D eigenvalue weighted by Crippen LogP contribution is -2.09. The molecule has 6 heteroatoms. The summed E-state index contributed by atoms with van der Waals surface area (Å²) < 4.78 is 48.6. The zero-order valence-electron chi connectivity index (χ0n) is 6.40. The minimum absolute atomic E-state index is 0.173. The molecule has 0 fully saturated rings. The number of nitrogens with zero attached hydrogens (tertiary/aromatic N) is 1. The van der Waals surface area contributed by atoms with Gasteiger partial charge in [-0.05, 0) is 6.07 Å². The Bertz CT molecular complexity index is 308. The largest absolute Gasteiger partial charge is 0.417 e. The number of aromatic nitrogens is 1. The van der Waals surface area contributed by atoms with E-state index in [1.54, 1.807) is 0 Å². The Balaban J connectivity index is 3.10. The van der Waals surface area contributed by atoms with Crippen LogP contribution in [0, 0.1) is 5.82 Å². The SMILES string of the molecule is NCc1ncc(C(F)(F)F)cc1F. The third kappa shape index (κ3) is 2.15. The highest BCUT2D eigenvalue weighted by molar-refractivity contribution is 5.18. The van der Waals surface area contributed by atoms with Crippen molar-refractivity contribution < 1.29 is 17.6 Å². The van der Waals surface area contributed by atoms with Crippen LogP contribution in [0.4, 0.5) is 17.6 Å². The predicted molar refractivity (Wildman–Crippen MR) is 37.1 cm³/mol. The van der Waals surface area contributed by atoms with Crippen LogP contribution in [0.1, 0.15) is 11.3 Å². The Hall–Kier alpha value is -1.17. The average Bonchev–Trinajstić information content (AvgIpc) is 2.02. The maximum atomic E-state index is 12.7. The maximum Gasteiger partial charge on any atom is 0.417 e. The van der Waals surface area contributed by atoms with Gasteiger partial charge in [0.1, 0.15) is 5.82 Å². The van der Waals surface area contributed by atoms with Gasteiger partial charge in [0.25, 0.3) is 0 Å². The molecule has 1 heterocycles. The fourth-order valence-electron chi connectivity index (χ4n) is 0.771. The van der Waals surface area contributed by atoms with Crippen LogP contribution in [0.15, 0.2) is 12.3 Å². The highest BCUT2D eigenvalue weighted by Gasteiger charge is 2.31. The number of hydrogen-bond donors (Lipinski definition) is 1. The van der Waals surface area contributed by atoms with Gasteiger partial charge in [-0.1, -0.05) is 0 Å². The number of rotatable bonds is 1. The van der Waals surface area contributed by atoms with Crippen LogP contribution in [0.25, 0.3) is 0 Å². The predicted octanol–water partition coefficient (Wildman–Crippen LogP) is 1.70. The van der Waals surface area contributed by atoms with Crippen LogP contribution >= 0.6 is 0 Å². The van der Waals surface area contributed by atoms with Gasteiger partial charge < -0.3 is 5.73 Å². The van der Waals surface area contributed by atoms with E-state index in [0.29, 0.717) is 12.3 Å². The van der Waals surface area contributed by atoms with Gasteiger partial charge in [-0.25, -0.2) is 4.39 Å². The van der Waals surface area contributed by atoms with E-state index in [0.717, 1.165) is 0 Å². The Morgan fingerprint density at radius 1 is 1.38 bits per heavy atom. The zero-order chi connectivity index (χ0) is 10.1. The molecule has 2 N–H and O–H groups in total. The molecule has 13 heavy (non-hydrogen) atoms. The van der Waals surface area contributed by atoms with E-state index in [1.165, 1.54) is 0 Å². The molecule has 0 aliphatic heterocycles. The van der Waals surface area contributed by atoms with Crippen LogP contribution in [-0.2, 0) is 12.7 Å². The second-order valence-corrected chi connectivity index (χ2v) is 2.35. The second-order valence-electron chi connectivity index (χ2n) is 2.35. The van der Waals surface area contributed by atoms with E-state index < -0.39 is 17.6 Å². The standard InChI is InChI=1S/C7H6F4N2/c8-5-1-4(7(9,10)11)3-13-6(5)2-12/h1,3H,2,12H2. The van der Waals surface area contributed by atoms with Gasteiger partial charge in [0, 0.05) is 12.7 Å². The van der Waals surface area contributed by atoms with Crippen LogP contribution in [-0.4, -0.2) is 4.98 Å². The van der Waals surface area contributed by atoms with Crippen LogP contribution < -0.4 is 5.73 Å². The molecule has 0 atom stereocenters. The van der Waals surface area contributed by atoms with Crippen molar-refractivity contribution in [3.05, 3.63) is 29.3 Å². The van der Waals surface area contributed by atoms with E-state index in [2.05, 4.69) is 4.98 Å². The summed E-state index contributed by atoms with van der Waals surface area (Å²) in [6.45, 7) is -0.218. The van der Waals surface area contributed by atoms with Crippen molar-refractivity contribution in [2.45, 2.75) is 12.7 Å². The van der Waals surface area contributed by atoms with Crippen LogP contribution in [0.2, 0.25) is 0 Å². The quantitative estimate of drug-likeness (QED) is 0.691. The monoisotopic (exact) mass is 194 g/mol. The van der Waals surface area contributed by atoms with Crippen molar-refractivity contribution in [2.24, 2.45) is 5.73 Å². The normalized spacial score (nSPS) is 11.8. The highest BCUT2D eigenvalue weighted by Crippen LogP contribution is 2.29. The molecule has 0 aromatic carbocycles. The molecule has 0 saturated carbocycles. The Kier molecular flexibility index (Phi) is 2.51. The van der Waals surface area contributed by atoms with Gasteiger partial charge >= 0.3 is 6.18 Å². The Morgan fingerprint density at radius 3 is 2.38 bits per heavy atom. The molecule has 1 aromatic rings. The summed E-state index contributed by atoms with van der Waals surface area (Å²) in [5.74, 6) is -1.03. The van der Waals surface area contributed by atoms with E-state index in [4.69, 9.17) is 5.73 Å². The van der Waals surface area contributed by atoms with Crippen molar-refractivity contribution in [3.8, 4) is 0 Å². The van der Waals surface area contributed by atoms with Crippen molar-refractivity contribution in [1.29, 1.82) is 0 Å². The molecule has 0 aliphatic rings. The smallest absolute Gasteiger partial charge is 0.325 e. The van der Waals surface area contributed by atoms with Crippen LogP contribution in [0.5, 0.6) is 0 Å². The Labute approximate surface area is 71.4 Å². The fourth-order valence-corrected chi connectivity index (χ4v) is 0.771. The molecule has 0 bridgehead atoms. The first-order chi connectivity index (χ1) is 5.95. The number of alkyl halides is 3. The van der Waals surface area contributed by atoms with E-state index in [9.17, 15) is 17.6 Å². The van der Waals surface area contributed by atoms with Gasteiger partial charge in [0.05, 0.1) is 11.3 Å². The summed E-state index contributed by atoms with van der Waals surface area (Å²) in [7, 11) is 0. The molecular weight excluding hydrogens is 188 g/mol. The molecule has 1 aromatic heterocycles. The second kappa shape index (κ2) is 3.29. The molecule has 2 nitrogen and oxygen atoms in total. The van der Waals surface area contributed by atoms with Gasteiger partial charge in [-0.3, -0.25) is 4.98 Å². The first kappa shape index (κ1) is 9.91. The zero-order valence-corrected chi connectivity index (χ0v) is 6.40. The minimum Gasteiger partial charge on any atom is -0.325 e. The number of hydrogen-bond acceptors (Lipinski definition) is 2. The molecule has 0 aliphatic carbocycles. The molecule has 72 valence electrons. The first-order valence-corrected chi connectivity index (χ1v) is 3.37. The summed E-state index contributed by atoms with van der Waals surface area (Å²) >= 11 is 0. The minimum atomic E-state index is -4.57. The van der Waals surface area contributed by atoms with Crippen molar-refractivity contribution in [1.82, 2.24) is 4.98 Å². The number of halogens is 4. The topological polar surface area (TPSA) is 38.9 Å². The Morgan fingerprint density at radius 2 is 2.00 bits per heavy atom. The first-order valence-electron chi connectivity index (χ1n) is 3.37. The van der Waals surface area contributed by atoms with Gasteiger partial charge in [0.2, 0.25) is 0 Å². The van der Waals surface area contributed by atoms with Gasteiger partial charge in [-0.15, -0.1) is 0 Å².